The fourth-order valence-electron chi connectivity index (χ4n) is 3.77. The van der Waals surface area contributed by atoms with Crippen LogP contribution >= 0.6 is 0 Å². The Kier molecular flexibility index (Phi) is 4.46. The summed E-state index contributed by atoms with van der Waals surface area (Å²) in [6, 6.07) is -1.36. The zero-order chi connectivity index (χ0) is 15.8. The van der Waals surface area contributed by atoms with Gasteiger partial charge >= 0.3 is 12.0 Å². The molecule has 5 atom stereocenters. The number of carboxylic acids is 1. The molecule has 0 aromatic rings. The molecule has 2 bridgehead atoms. The Bertz CT molecular complexity index is 533. The van der Waals surface area contributed by atoms with Crippen molar-refractivity contribution < 1.29 is 23.1 Å². The maximum absolute atomic E-state index is 11.9. The van der Waals surface area contributed by atoms with Gasteiger partial charge in [0.25, 0.3) is 0 Å². The fraction of sp³-hybridized carbons (Fsp3) is 0.846. The van der Waals surface area contributed by atoms with Crippen molar-refractivity contribution in [2.45, 2.75) is 38.3 Å². The summed E-state index contributed by atoms with van der Waals surface area (Å²) >= 11 is 0. The predicted molar refractivity (Wildman–Crippen MR) is 76.6 cm³/mol. The second kappa shape index (κ2) is 5.82. The molecule has 2 aliphatic rings. The van der Waals surface area contributed by atoms with Crippen molar-refractivity contribution in [3.05, 3.63) is 0 Å². The number of urea groups is 1. The lowest BCUT2D eigenvalue weighted by Crippen LogP contribution is -2.52. The van der Waals surface area contributed by atoms with Gasteiger partial charge in [0.1, 0.15) is 9.84 Å². The normalized spacial score (nSPS) is 32.7. The third-order valence-corrected chi connectivity index (χ3v) is 5.54. The summed E-state index contributed by atoms with van der Waals surface area (Å²) in [4.78, 5) is 23.3. The minimum atomic E-state index is -3.17. The molecule has 120 valence electrons. The van der Waals surface area contributed by atoms with E-state index in [4.69, 9.17) is 0 Å². The number of fused-ring (bicyclic) bond motifs is 2. The zero-order valence-corrected chi connectivity index (χ0v) is 13.0. The predicted octanol–water partition coefficient (Wildman–Crippen LogP) is 0.218. The van der Waals surface area contributed by atoms with Crippen LogP contribution < -0.4 is 10.6 Å². The smallest absolute Gasteiger partial charge is 0.315 e. The largest absolute Gasteiger partial charge is 0.481 e. The van der Waals surface area contributed by atoms with Crippen LogP contribution in [0.2, 0.25) is 0 Å². The number of amides is 2. The van der Waals surface area contributed by atoms with Crippen LogP contribution in [0.3, 0.4) is 0 Å². The number of hydrogen-bond donors (Lipinski definition) is 3. The third kappa shape index (κ3) is 3.87. The minimum absolute atomic E-state index is 0.139. The average Bonchev–Trinajstić information content (AvgIpc) is 2.85. The highest BCUT2D eigenvalue weighted by Gasteiger charge is 2.51. The van der Waals surface area contributed by atoms with E-state index in [9.17, 15) is 23.1 Å². The van der Waals surface area contributed by atoms with Crippen molar-refractivity contribution >= 4 is 21.8 Å². The summed E-state index contributed by atoms with van der Waals surface area (Å²) in [5, 5.41) is 14.6. The van der Waals surface area contributed by atoms with Crippen molar-refractivity contribution in [2.75, 3.05) is 12.0 Å². The van der Waals surface area contributed by atoms with E-state index in [-0.39, 0.29) is 23.6 Å². The standard InChI is InChI=1S/C13H22N2O5S/c1-7(6-21(2,19)20)14-13(18)15-11-9-4-3-8(5-9)10(11)12(16)17/h7-11H,3-6H2,1-2H3,(H,16,17)(H2,14,15,18). The molecule has 0 aliphatic heterocycles. The fourth-order valence-corrected chi connectivity index (χ4v) is 4.76. The molecule has 0 aromatic heterocycles. The van der Waals surface area contributed by atoms with Gasteiger partial charge in [-0.2, -0.15) is 0 Å². The van der Waals surface area contributed by atoms with Gasteiger partial charge in [0.2, 0.25) is 0 Å². The monoisotopic (exact) mass is 318 g/mol. The number of carbonyl (C=O) groups is 2. The first-order valence-electron chi connectivity index (χ1n) is 7.15. The topological polar surface area (TPSA) is 113 Å². The molecule has 8 heteroatoms. The van der Waals surface area contributed by atoms with Crippen molar-refractivity contribution in [3.63, 3.8) is 0 Å². The van der Waals surface area contributed by atoms with Crippen LogP contribution in [0.5, 0.6) is 0 Å². The zero-order valence-electron chi connectivity index (χ0n) is 12.2. The van der Waals surface area contributed by atoms with Gasteiger partial charge in [-0.1, -0.05) is 0 Å². The van der Waals surface area contributed by atoms with E-state index in [0.29, 0.717) is 0 Å². The van der Waals surface area contributed by atoms with Gasteiger partial charge in [-0.3, -0.25) is 4.79 Å². The second-order valence-electron chi connectivity index (χ2n) is 6.33. The first-order valence-corrected chi connectivity index (χ1v) is 9.21. The molecule has 5 unspecified atom stereocenters. The Morgan fingerprint density at radius 3 is 2.48 bits per heavy atom. The van der Waals surface area contributed by atoms with Crippen LogP contribution in [0, 0.1) is 17.8 Å². The lowest BCUT2D eigenvalue weighted by atomic mass is 9.84. The van der Waals surface area contributed by atoms with E-state index in [1.54, 1.807) is 6.92 Å². The molecule has 2 aliphatic carbocycles. The van der Waals surface area contributed by atoms with Crippen molar-refractivity contribution in [3.8, 4) is 0 Å². The molecule has 21 heavy (non-hydrogen) atoms. The molecule has 0 saturated heterocycles. The highest BCUT2D eigenvalue weighted by atomic mass is 32.2. The van der Waals surface area contributed by atoms with Gasteiger partial charge in [-0.15, -0.1) is 0 Å². The van der Waals surface area contributed by atoms with Gasteiger partial charge < -0.3 is 15.7 Å². The molecule has 0 radical (unpaired) electrons. The Balaban J connectivity index is 1.91. The van der Waals surface area contributed by atoms with Crippen molar-refractivity contribution in [1.29, 1.82) is 0 Å². The summed E-state index contributed by atoms with van der Waals surface area (Å²) < 4.78 is 22.3. The van der Waals surface area contributed by atoms with Crippen LogP contribution in [0.15, 0.2) is 0 Å². The number of hydrogen-bond acceptors (Lipinski definition) is 4. The molecule has 0 heterocycles. The highest BCUT2D eigenvalue weighted by Crippen LogP contribution is 2.48. The summed E-state index contributed by atoms with van der Waals surface area (Å²) in [6.45, 7) is 1.61. The van der Waals surface area contributed by atoms with Crippen molar-refractivity contribution in [1.82, 2.24) is 10.6 Å². The van der Waals surface area contributed by atoms with Gasteiger partial charge in [0.05, 0.1) is 11.7 Å². The molecule has 2 fully saturated rings. The quantitative estimate of drug-likeness (QED) is 0.671. The van der Waals surface area contributed by atoms with E-state index in [2.05, 4.69) is 10.6 Å². The minimum Gasteiger partial charge on any atom is -0.481 e. The number of sulfone groups is 1. The molecular weight excluding hydrogens is 296 g/mol. The van der Waals surface area contributed by atoms with Crippen LogP contribution in [-0.4, -0.2) is 49.6 Å². The third-order valence-electron chi connectivity index (χ3n) is 4.43. The first-order chi connectivity index (χ1) is 9.67. The van der Waals surface area contributed by atoms with Crippen LogP contribution in [0.1, 0.15) is 26.2 Å². The lowest BCUT2D eigenvalue weighted by molar-refractivity contribution is -0.144. The number of nitrogens with one attached hydrogen (secondary N) is 2. The molecule has 7 nitrogen and oxygen atoms in total. The Hall–Kier alpha value is -1.31. The molecule has 2 saturated carbocycles. The number of carboxylic acid groups (broad SMARTS) is 1. The van der Waals surface area contributed by atoms with E-state index < -0.39 is 33.8 Å². The average molecular weight is 318 g/mol. The first kappa shape index (κ1) is 16.1. The maximum Gasteiger partial charge on any atom is 0.315 e. The Morgan fingerprint density at radius 2 is 1.90 bits per heavy atom. The van der Waals surface area contributed by atoms with Crippen molar-refractivity contribution in [2.24, 2.45) is 17.8 Å². The molecule has 2 amide bonds. The summed E-state index contributed by atoms with van der Waals surface area (Å²) in [7, 11) is -3.17. The number of aliphatic carboxylic acids is 1. The van der Waals surface area contributed by atoms with Gasteiger partial charge in [0, 0.05) is 18.3 Å². The summed E-state index contributed by atoms with van der Waals surface area (Å²) in [5.41, 5.74) is 0. The number of rotatable bonds is 5. The van der Waals surface area contributed by atoms with E-state index >= 15 is 0 Å². The van der Waals surface area contributed by atoms with Gasteiger partial charge in [0.15, 0.2) is 0 Å². The Labute approximate surface area is 124 Å². The summed E-state index contributed by atoms with van der Waals surface area (Å²) in [6.07, 6.45) is 3.81. The molecular formula is C13H22N2O5S. The molecule has 2 rings (SSSR count). The van der Waals surface area contributed by atoms with Crippen LogP contribution in [0.4, 0.5) is 4.79 Å². The Morgan fingerprint density at radius 1 is 1.29 bits per heavy atom. The van der Waals surface area contributed by atoms with Crippen LogP contribution in [-0.2, 0) is 14.6 Å². The van der Waals surface area contributed by atoms with E-state index in [1.807, 2.05) is 0 Å². The maximum atomic E-state index is 11.9. The molecule has 0 spiro atoms. The summed E-state index contributed by atoms with van der Waals surface area (Å²) in [5.74, 6) is -1.17. The van der Waals surface area contributed by atoms with Crippen LogP contribution in [0.25, 0.3) is 0 Å². The second-order valence-corrected chi connectivity index (χ2v) is 8.52. The van der Waals surface area contributed by atoms with Gasteiger partial charge in [-0.05, 0) is 38.0 Å². The number of carbonyl (C=O) groups excluding carboxylic acids is 1. The van der Waals surface area contributed by atoms with E-state index in [1.165, 1.54) is 0 Å². The van der Waals surface area contributed by atoms with Gasteiger partial charge in [-0.25, -0.2) is 13.2 Å². The lowest BCUT2D eigenvalue weighted by Gasteiger charge is -2.29. The molecule has 3 N–H and O–H groups in total. The highest BCUT2D eigenvalue weighted by molar-refractivity contribution is 7.90. The molecule has 0 aromatic carbocycles. The van der Waals surface area contributed by atoms with E-state index in [0.717, 1.165) is 25.5 Å². The SMILES string of the molecule is CC(CS(C)(=O)=O)NC(=O)NC1C2CCC(C2)C1C(=O)O.